The molecule has 0 aliphatic rings. The molecule has 3 nitrogen and oxygen atoms in total. The van der Waals surface area contributed by atoms with Crippen molar-refractivity contribution in [3.05, 3.63) is 0 Å². The highest BCUT2D eigenvalue weighted by Gasteiger charge is 2.24. The molecule has 0 aromatic heterocycles. The average Bonchev–Trinajstić information content (AvgIpc) is 2.83. The van der Waals surface area contributed by atoms with Gasteiger partial charge >= 0.3 is 0 Å². The van der Waals surface area contributed by atoms with Gasteiger partial charge in [-0.15, -0.1) is 0 Å². The summed E-state index contributed by atoms with van der Waals surface area (Å²) < 4.78 is 13.0. The number of ether oxygens (including phenoxy) is 2. The molecule has 0 aliphatic heterocycles. The second-order valence-electron chi connectivity index (χ2n) is 10.8. The molecule has 0 saturated heterocycles. The molecule has 34 heavy (non-hydrogen) atoms. The van der Waals surface area contributed by atoms with Crippen LogP contribution in [0, 0.1) is 0 Å². The van der Waals surface area contributed by atoms with E-state index in [4.69, 9.17) is 9.47 Å². The Balaban J connectivity index is 3.33. The van der Waals surface area contributed by atoms with Crippen LogP contribution in [0.5, 0.6) is 0 Å². The molecule has 3 heteroatoms. The fourth-order valence-electron chi connectivity index (χ4n) is 5.43. The molecule has 0 unspecified atom stereocenters. The zero-order valence-electron chi connectivity index (χ0n) is 24.4. The zero-order valence-corrected chi connectivity index (χ0v) is 24.4. The summed E-state index contributed by atoms with van der Waals surface area (Å²) in [5, 5.41) is 0. The van der Waals surface area contributed by atoms with E-state index in [-0.39, 0.29) is 0 Å². The number of quaternary nitrogens is 1. The van der Waals surface area contributed by atoms with Gasteiger partial charge in [-0.05, 0) is 25.7 Å². The van der Waals surface area contributed by atoms with E-state index in [1.165, 1.54) is 146 Å². The molecule has 0 aromatic rings. The molecule has 0 fully saturated rings. The maximum atomic E-state index is 5.92. The predicted octanol–water partition coefficient (Wildman–Crippen LogP) is 9.33. The Labute approximate surface area is 216 Å². The van der Waals surface area contributed by atoms with Gasteiger partial charge in [0.25, 0.3) is 0 Å². The van der Waals surface area contributed by atoms with E-state index in [9.17, 15) is 0 Å². The topological polar surface area (TPSA) is 18.5 Å². The van der Waals surface area contributed by atoms with Crippen LogP contribution in [-0.4, -0.2) is 57.1 Å². The number of nitrogens with zero attached hydrogens (tertiary/aromatic N) is 1. The third-order valence-electron chi connectivity index (χ3n) is 7.32. The Morgan fingerprint density at radius 1 is 0.324 bits per heavy atom. The monoisotopic (exact) mass is 485 g/mol. The van der Waals surface area contributed by atoms with Crippen molar-refractivity contribution < 1.29 is 14.0 Å². The smallest absolute Gasteiger partial charge is 0.102 e. The lowest BCUT2D eigenvalue weighted by Crippen LogP contribution is -2.51. The fourth-order valence-corrected chi connectivity index (χ4v) is 5.43. The summed E-state index contributed by atoms with van der Waals surface area (Å²) in [7, 11) is 0. The van der Waals surface area contributed by atoms with Crippen LogP contribution in [-0.2, 0) is 9.47 Å². The van der Waals surface area contributed by atoms with Gasteiger partial charge in [0, 0.05) is 6.61 Å². The zero-order chi connectivity index (χ0) is 25.0. The summed E-state index contributed by atoms with van der Waals surface area (Å²) in [4.78, 5) is 0. The van der Waals surface area contributed by atoms with Crippen molar-refractivity contribution in [3.63, 3.8) is 0 Å². The first-order valence-electron chi connectivity index (χ1n) is 15.7. The van der Waals surface area contributed by atoms with Crippen LogP contribution >= 0.6 is 0 Å². The largest absolute Gasteiger partial charge is 0.379 e. The summed E-state index contributed by atoms with van der Waals surface area (Å²) in [6.07, 6.45) is 26.5. The molecule has 0 radical (unpaired) electrons. The molecule has 0 heterocycles. The summed E-state index contributed by atoms with van der Waals surface area (Å²) >= 11 is 0. The van der Waals surface area contributed by atoms with E-state index in [0.29, 0.717) is 0 Å². The predicted molar refractivity (Wildman–Crippen MR) is 152 cm³/mol. The molecule has 0 aromatic carbocycles. The molecule has 0 rings (SSSR count). The second kappa shape index (κ2) is 27.5. The highest BCUT2D eigenvalue weighted by Crippen LogP contribution is 2.14. The van der Waals surface area contributed by atoms with Gasteiger partial charge in [0.15, 0.2) is 0 Å². The second-order valence-corrected chi connectivity index (χ2v) is 10.8. The van der Waals surface area contributed by atoms with E-state index >= 15 is 0 Å². The van der Waals surface area contributed by atoms with Gasteiger partial charge in [0.1, 0.15) is 6.54 Å². The fraction of sp³-hybridized carbons (Fsp3) is 1.00. The third kappa shape index (κ3) is 22.4. The van der Waals surface area contributed by atoms with Crippen molar-refractivity contribution in [1.82, 2.24) is 0 Å². The molecular weight excluding hydrogens is 418 g/mol. The first-order valence-corrected chi connectivity index (χ1v) is 15.7. The number of hydrogen-bond acceptors (Lipinski definition) is 2. The molecule has 206 valence electrons. The van der Waals surface area contributed by atoms with Gasteiger partial charge in [-0.2, -0.15) is 0 Å². The number of rotatable bonds is 29. The Bertz CT molecular complexity index is 357. The van der Waals surface area contributed by atoms with Gasteiger partial charge in [0.05, 0.1) is 39.5 Å². The molecule has 0 atom stereocenters. The van der Waals surface area contributed by atoms with E-state index in [1.807, 2.05) is 0 Å². The molecule has 0 N–H and O–H groups in total. The Morgan fingerprint density at radius 3 is 1.06 bits per heavy atom. The van der Waals surface area contributed by atoms with Crippen molar-refractivity contribution >= 4 is 0 Å². The molecule has 0 aliphatic carbocycles. The summed E-state index contributed by atoms with van der Waals surface area (Å²) in [6, 6.07) is 0. The van der Waals surface area contributed by atoms with Crippen molar-refractivity contribution in [2.24, 2.45) is 0 Å². The van der Waals surface area contributed by atoms with E-state index in [2.05, 4.69) is 27.7 Å². The SMILES string of the molecule is CCCCCCCCCCCCCCCCCCOCCOCC[N+](CCC)(CCC)CCC. The van der Waals surface area contributed by atoms with Gasteiger partial charge in [-0.25, -0.2) is 0 Å². The minimum atomic E-state index is 0.753. The lowest BCUT2D eigenvalue weighted by Gasteiger charge is -2.38. The Kier molecular flexibility index (Phi) is 27.4. The first kappa shape index (κ1) is 33.9. The van der Waals surface area contributed by atoms with E-state index in [1.54, 1.807) is 0 Å². The summed E-state index contributed by atoms with van der Waals surface area (Å²) in [5.41, 5.74) is 0. The quantitative estimate of drug-likeness (QED) is 0.0777. The lowest BCUT2D eigenvalue weighted by atomic mass is 10.0. The van der Waals surface area contributed by atoms with Crippen LogP contribution in [0.3, 0.4) is 0 Å². The normalized spacial score (nSPS) is 12.0. The van der Waals surface area contributed by atoms with Crippen LogP contribution in [0.1, 0.15) is 150 Å². The van der Waals surface area contributed by atoms with Crippen LogP contribution in [0.2, 0.25) is 0 Å². The number of unbranched alkanes of at least 4 members (excludes halogenated alkanes) is 15. The van der Waals surface area contributed by atoms with Crippen LogP contribution in [0.4, 0.5) is 0 Å². The van der Waals surface area contributed by atoms with E-state index in [0.717, 1.165) is 33.0 Å². The molecule has 0 saturated carbocycles. The maximum Gasteiger partial charge on any atom is 0.102 e. The summed E-state index contributed by atoms with van der Waals surface area (Å²) in [6.45, 7) is 17.6. The highest BCUT2D eigenvalue weighted by molar-refractivity contribution is 4.50. The van der Waals surface area contributed by atoms with Gasteiger partial charge < -0.3 is 14.0 Å². The Hall–Kier alpha value is -0.120. The summed E-state index contributed by atoms with van der Waals surface area (Å²) in [5.74, 6) is 0. The van der Waals surface area contributed by atoms with Crippen molar-refractivity contribution in [3.8, 4) is 0 Å². The molecule has 0 spiro atoms. The lowest BCUT2D eigenvalue weighted by molar-refractivity contribution is -0.928. The van der Waals surface area contributed by atoms with Gasteiger partial charge in [-0.3, -0.25) is 0 Å². The average molecular weight is 485 g/mol. The van der Waals surface area contributed by atoms with Crippen LogP contribution < -0.4 is 0 Å². The third-order valence-corrected chi connectivity index (χ3v) is 7.32. The van der Waals surface area contributed by atoms with Crippen molar-refractivity contribution in [2.75, 3.05) is 52.6 Å². The van der Waals surface area contributed by atoms with Crippen LogP contribution in [0.25, 0.3) is 0 Å². The highest BCUT2D eigenvalue weighted by atomic mass is 16.5. The van der Waals surface area contributed by atoms with Crippen molar-refractivity contribution in [1.29, 1.82) is 0 Å². The number of hydrogen-bond donors (Lipinski definition) is 0. The molecule has 0 bridgehead atoms. The van der Waals surface area contributed by atoms with Gasteiger partial charge in [0.2, 0.25) is 0 Å². The minimum absolute atomic E-state index is 0.753. The molecular formula is C31H66NO2+. The van der Waals surface area contributed by atoms with Gasteiger partial charge in [-0.1, -0.05) is 124 Å². The molecule has 0 amide bonds. The van der Waals surface area contributed by atoms with Crippen LogP contribution in [0.15, 0.2) is 0 Å². The maximum absolute atomic E-state index is 5.92. The Morgan fingerprint density at radius 2 is 0.676 bits per heavy atom. The van der Waals surface area contributed by atoms with E-state index < -0.39 is 0 Å². The standard InChI is InChI=1S/C31H66NO2/c1-5-9-10-11-12-13-14-15-16-17-18-19-20-21-22-23-28-33-30-31-34-29-27-32(24-6-2,25-7-3)26-8-4/h5-31H2,1-4H3/q+1. The minimum Gasteiger partial charge on any atom is -0.379 e. The van der Waals surface area contributed by atoms with Crippen molar-refractivity contribution in [2.45, 2.75) is 150 Å². The first-order chi connectivity index (χ1) is 16.7.